The van der Waals surface area contributed by atoms with E-state index in [1.165, 1.54) is 49.4 Å². The molecule has 6 nitrogen and oxygen atoms in total. The van der Waals surface area contributed by atoms with Crippen LogP contribution >= 0.6 is 0 Å². The Bertz CT molecular complexity index is 784. The zero-order valence-electron chi connectivity index (χ0n) is 14.2. The molecule has 0 radical (unpaired) electrons. The number of halogens is 3. The number of rotatable bonds is 7. The number of para-hydroxylation sites is 1. The number of amides is 2. The molecule has 2 amide bonds. The minimum atomic E-state index is -2.93. The van der Waals surface area contributed by atoms with Gasteiger partial charge in [0.1, 0.15) is 5.75 Å². The highest BCUT2D eigenvalue weighted by atomic mass is 19.3. The highest BCUT2D eigenvalue weighted by Crippen LogP contribution is 2.17. The van der Waals surface area contributed by atoms with Crippen LogP contribution in [0.15, 0.2) is 48.5 Å². The van der Waals surface area contributed by atoms with Gasteiger partial charge in [0.25, 0.3) is 5.91 Å². The van der Waals surface area contributed by atoms with Gasteiger partial charge in [-0.15, -0.1) is 0 Å². The summed E-state index contributed by atoms with van der Waals surface area (Å²) in [5.41, 5.74) is 4.89. The van der Waals surface area contributed by atoms with Gasteiger partial charge in [-0.25, -0.2) is 4.39 Å². The highest BCUT2D eigenvalue weighted by Gasteiger charge is 2.17. The van der Waals surface area contributed by atoms with E-state index in [1.807, 2.05) is 0 Å². The lowest BCUT2D eigenvalue weighted by molar-refractivity contribution is -0.132. The second-order valence-electron chi connectivity index (χ2n) is 5.43. The van der Waals surface area contributed by atoms with Crippen LogP contribution in [-0.2, 0) is 16.0 Å². The second-order valence-corrected chi connectivity index (χ2v) is 5.43. The summed E-state index contributed by atoms with van der Waals surface area (Å²) in [5, 5.41) is 0. The largest absolute Gasteiger partial charge is 0.478 e. The number of nitrogens with one attached hydrogen (secondary N) is 2. The van der Waals surface area contributed by atoms with Crippen molar-refractivity contribution in [3.05, 3.63) is 59.9 Å². The summed E-state index contributed by atoms with van der Waals surface area (Å²) in [6.45, 7) is -1.53. The van der Waals surface area contributed by atoms with Gasteiger partial charge in [-0.3, -0.25) is 20.4 Å². The Kier molecular flexibility index (Phi) is 7.04. The molecule has 0 aliphatic heterocycles. The smallest absolute Gasteiger partial charge is 0.387 e. The zero-order chi connectivity index (χ0) is 19.8. The van der Waals surface area contributed by atoms with E-state index in [9.17, 15) is 22.8 Å². The molecule has 0 aliphatic carbocycles. The molecule has 0 aliphatic rings. The molecule has 9 heteroatoms. The summed E-state index contributed by atoms with van der Waals surface area (Å²) in [7, 11) is 0. The highest BCUT2D eigenvalue weighted by molar-refractivity contribution is 5.85. The van der Waals surface area contributed by atoms with Crippen molar-refractivity contribution in [1.29, 1.82) is 0 Å². The average molecular weight is 382 g/mol. The average Bonchev–Trinajstić information content (AvgIpc) is 2.62. The van der Waals surface area contributed by atoms with E-state index in [1.54, 1.807) is 6.07 Å². The summed E-state index contributed by atoms with van der Waals surface area (Å²) in [5.74, 6) is -1.93. The lowest BCUT2D eigenvalue weighted by atomic mass is 10.1. The molecule has 1 unspecified atom stereocenters. The molecule has 2 N–H and O–H groups in total. The topological polar surface area (TPSA) is 76.7 Å². The summed E-state index contributed by atoms with van der Waals surface area (Å²) in [6, 6.07) is 11.1. The number of hydrazine groups is 1. The van der Waals surface area contributed by atoms with Crippen LogP contribution in [0.4, 0.5) is 13.2 Å². The Morgan fingerprint density at radius 1 is 1.00 bits per heavy atom. The molecule has 2 rings (SSSR count). The van der Waals surface area contributed by atoms with Gasteiger partial charge in [-0.1, -0.05) is 24.3 Å². The Hall–Kier alpha value is -3.23. The Morgan fingerprint density at radius 3 is 2.30 bits per heavy atom. The van der Waals surface area contributed by atoms with E-state index < -0.39 is 30.3 Å². The van der Waals surface area contributed by atoms with Crippen molar-refractivity contribution in [1.82, 2.24) is 10.9 Å². The molecule has 2 aromatic carbocycles. The number of ether oxygens (including phenoxy) is 2. The van der Waals surface area contributed by atoms with E-state index in [0.717, 1.165) is 0 Å². The van der Waals surface area contributed by atoms with Gasteiger partial charge in [0.15, 0.2) is 17.7 Å². The first-order valence-electron chi connectivity index (χ1n) is 7.89. The summed E-state index contributed by atoms with van der Waals surface area (Å²) >= 11 is 0. The van der Waals surface area contributed by atoms with E-state index in [2.05, 4.69) is 15.6 Å². The minimum absolute atomic E-state index is 0.0263. The van der Waals surface area contributed by atoms with E-state index in [4.69, 9.17) is 4.74 Å². The molecular weight excluding hydrogens is 365 g/mol. The molecule has 0 saturated carbocycles. The maximum absolute atomic E-state index is 13.5. The predicted molar refractivity (Wildman–Crippen MR) is 89.6 cm³/mol. The summed E-state index contributed by atoms with van der Waals surface area (Å²) < 4.78 is 47.0. The summed E-state index contributed by atoms with van der Waals surface area (Å²) in [6.07, 6.45) is -1.15. The van der Waals surface area contributed by atoms with Gasteiger partial charge >= 0.3 is 6.61 Å². The molecule has 0 saturated heterocycles. The standard InChI is InChI=1S/C18H17F3N2O4/c1-11(26-15-5-3-2-4-14(15)19)17(25)23-22-16(24)10-12-6-8-13(9-7-12)27-18(20)21/h2-9,11,18H,10H2,1H3,(H,22,24)(H,23,25). The maximum atomic E-state index is 13.5. The lowest BCUT2D eigenvalue weighted by Gasteiger charge is -2.15. The Balaban J connectivity index is 1.79. The second kappa shape index (κ2) is 9.46. The zero-order valence-corrected chi connectivity index (χ0v) is 14.2. The molecule has 2 aromatic rings. The normalized spacial score (nSPS) is 11.6. The maximum Gasteiger partial charge on any atom is 0.387 e. The minimum Gasteiger partial charge on any atom is -0.478 e. The van der Waals surface area contributed by atoms with E-state index in [0.29, 0.717) is 5.56 Å². The third-order valence-electron chi connectivity index (χ3n) is 3.35. The van der Waals surface area contributed by atoms with Crippen LogP contribution in [0.5, 0.6) is 11.5 Å². The molecule has 27 heavy (non-hydrogen) atoms. The quantitative estimate of drug-likeness (QED) is 0.722. The van der Waals surface area contributed by atoms with Crippen LogP contribution in [-0.4, -0.2) is 24.5 Å². The van der Waals surface area contributed by atoms with Crippen LogP contribution in [0.1, 0.15) is 12.5 Å². The fourth-order valence-electron chi connectivity index (χ4n) is 2.04. The monoisotopic (exact) mass is 382 g/mol. The fourth-order valence-corrected chi connectivity index (χ4v) is 2.04. The van der Waals surface area contributed by atoms with Gasteiger partial charge in [0.2, 0.25) is 5.91 Å². The first kappa shape index (κ1) is 20.1. The molecule has 144 valence electrons. The first-order chi connectivity index (χ1) is 12.8. The first-order valence-corrected chi connectivity index (χ1v) is 7.89. The fraction of sp³-hybridized carbons (Fsp3) is 0.222. The number of benzene rings is 2. The molecule has 0 aromatic heterocycles. The molecule has 0 heterocycles. The Labute approximate surface area is 153 Å². The van der Waals surface area contributed by atoms with Gasteiger partial charge in [-0.05, 0) is 36.8 Å². The molecule has 1 atom stereocenters. The van der Waals surface area contributed by atoms with Crippen molar-refractivity contribution in [2.45, 2.75) is 26.1 Å². The van der Waals surface area contributed by atoms with Crippen LogP contribution in [0.3, 0.4) is 0 Å². The van der Waals surface area contributed by atoms with Crippen LogP contribution in [0, 0.1) is 5.82 Å². The van der Waals surface area contributed by atoms with Crippen LogP contribution in [0.25, 0.3) is 0 Å². The van der Waals surface area contributed by atoms with Gasteiger partial charge in [-0.2, -0.15) is 8.78 Å². The SMILES string of the molecule is CC(Oc1ccccc1F)C(=O)NNC(=O)Cc1ccc(OC(F)F)cc1. The number of carbonyl (C=O) groups excluding carboxylic acids is 2. The van der Waals surface area contributed by atoms with Crippen molar-refractivity contribution < 1.29 is 32.2 Å². The lowest BCUT2D eigenvalue weighted by Crippen LogP contribution is -2.47. The molecule has 0 fully saturated rings. The van der Waals surface area contributed by atoms with Crippen molar-refractivity contribution >= 4 is 11.8 Å². The number of hydrogen-bond acceptors (Lipinski definition) is 4. The third kappa shape index (κ3) is 6.53. The number of carbonyl (C=O) groups is 2. The predicted octanol–water partition coefficient (Wildman–Crippen LogP) is 2.58. The van der Waals surface area contributed by atoms with Crippen LogP contribution in [0.2, 0.25) is 0 Å². The van der Waals surface area contributed by atoms with E-state index in [-0.39, 0.29) is 17.9 Å². The molecule has 0 bridgehead atoms. The van der Waals surface area contributed by atoms with Crippen molar-refractivity contribution in [2.24, 2.45) is 0 Å². The van der Waals surface area contributed by atoms with Crippen molar-refractivity contribution in [3.63, 3.8) is 0 Å². The van der Waals surface area contributed by atoms with E-state index >= 15 is 0 Å². The number of alkyl halides is 2. The Morgan fingerprint density at radius 2 is 1.67 bits per heavy atom. The van der Waals surface area contributed by atoms with Crippen molar-refractivity contribution in [2.75, 3.05) is 0 Å². The van der Waals surface area contributed by atoms with Crippen LogP contribution < -0.4 is 20.3 Å². The van der Waals surface area contributed by atoms with Gasteiger partial charge in [0, 0.05) is 0 Å². The van der Waals surface area contributed by atoms with Gasteiger partial charge < -0.3 is 9.47 Å². The summed E-state index contributed by atoms with van der Waals surface area (Å²) in [4.78, 5) is 23.7. The third-order valence-corrected chi connectivity index (χ3v) is 3.35. The van der Waals surface area contributed by atoms with Crippen molar-refractivity contribution in [3.8, 4) is 11.5 Å². The number of hydrogen-bond donors (Lipinski definition) is 2. The molecular formula is C18H17F3N2O4. The van der Waals surface area contributed by atoms with Gasteiger partial charge in [0.05, 0.1) is 6.42 Å². The molecule has 0 spiro atoms.